The molecule has 1 N–H and O–H groups in total. The Hall–Kier alpha value is -3.97. The summed E-state index contributed by atoms with van der Waals surface area (Å²) in [6.45, 7) is 0. The fourth-order valence-electron chi connectivity index (χ4n) is 5.08. The zero-order valence-corrected chi connectivity index (χ0v) is 22.4. The lowest BCUT2D eigenvalue weighted by atomic mass is 9.97. The van der Waals surface area contributed by atoms with Crippen LogP contribution in [0.25, 0.3) is 33.3 Å². The van der Waals surface area contributed by atoms with Gasteiger partial charge in [-0.05, 0) is 77.9 Å². The molecule has 1 aliphatic carbocycles. The van der Waals surface area contributed by atoms with E-state index in [4.69, 9.17) is 11.6 Å². The number of carbonyl (C=O) groups is 1. The lowest BCUT2D eigenvalue weighted by Gasteiger charge is -2.15. The Labute approximate surface area is 232 Å². The summed E-state index contributed by atoms with van der Waals surface area (Å²) in [4.78, 5) is 11.9. The summed E-state index contributed by atoms with van der Waals surface area (Å²) in [7, 11) is -4.24. The summed E-state index contributed by atoms with van der Waals surface area (Å²) >= 11 is 7.23. The highest BCUT2D eigenvalue weighted by Crippen LogP contribution is 2.50. The molecular weight excluding hydrogens is 559 g/mol. The highest BCUT2D eigenvalue weighted by molar-refractivity contribution is 7.90. The second-order valence-corrected chi connectivity index (χ2v) is 12.4. The SMILES string of the molecule is N#Cc1sccc1-c1c(-c2cccc(C3CC3C(=O)O)c2)n(S(=O)(=O)c2ccc(Cl)cc2)c2ccc(F)cc12. The van der Waals surface area contributed by atoms with Crippen molar-refractivity contribution in [1.82, 2.24) is 3.97 Å². The summed E-state index contributed by atoms with van der Waals surface area (Å²) in [6.07, 6.45) is 0.492. The number of hydrogen-bond donors (Lipinski definition) is 1. The van der Waals surface area contributed by atoms with Gasteiger partial charge in [0.25, 0.3) is 10.0 Å². The topological polar surface area (TPSA) is 100 Å². The van der Waals surface area contributed by atoms with Crippen LogP contribution in [0.1, 0.15) is 22.8 Å². The Bertz CT molecular complexity index is 1940. The minimum Gasteiger partial charge on any atom is -0.481 e. The maximum Gasteiger partial charge on any atom is 0.307 e. The number of halogens is 2. The molecule has 0 spiro atoms. The van der Waals surface area contributed by atoms with Gasteiger partial charge < -0.3 is 5.11 Å². The Kier molecular flexibility index (Phi) is 6.07. The van der Waals surface area contributed by atoms with Crippen molar-refractivity contribution in [2.24, 2.45) is 5.92 Å². The summed E-state index contributed by atoms with van der Waals surface area (Å²) < 4.78 is 44.3. The molecule has 1 aliphatic rings. The Balaban J connectivity index is 1.72. The number of aromatic nitrogens is 1. The summed E-state index contributed by atoms with van der Waals surface area (Å²) in [5.74, 6) is -2.12. The van der Waals surface area contributed by atoms with Crippen molar-refractivity contribution in [2.75, 3.05) is 0 Å². The van der Waals surface area contributed by atoms with Crippen LogP contribution in [0.2, 0.25) is 5.02 Å². The molecule has 2 unspecified atom stereocenters. The van der Waals surface area contributed by atoms with Gasteiger partial charge >= 0.3 is 5.97 Å². The number of carboxylic acids is 1. The Morgan fingerprint density at radius 2 is 1.87 bits per heavy atom. The Morgan fingerprint density at radius 1 is 1.10 bits per heavy atom. The van der Waals surface area contributed by atoms with Crippen LogP contribution in [0.3, 0.4) is 0 Å². The minimum absolute atomic E-state index is 0.0176. The number of fused-ring (bicyclic) bond motifs is 1. The van der Waals surface area contributed by atoms with Crippen molar-refractivity contribution in [1.29, 1.82) is 5.26 Å². The highest BCUT2D eigenvalue weighted by Gasteiger charge is 2.44. The molecule has 0 saturated heterocycles. The quantitative estimate of drug-likeness (QED) is 0.232. The van der Waals surface area contributed by atoms with E-state index in [2.05, 4.69) is 6.07 Å². The molecule has 1 fully saturated rings. The first-order valence-electron chi connectivity index (χ1n) is 11.9. The molecule has 2 heterocycles. The summed E-state index contributed by atoms with van der Waals surface area (Å²) in [6, 6.07) is 20.6. The molecule has 194 valence electrons. The van der Waals surface area contributed by atoms with E-state index in [1.807, 2.05) is 6.07 Å². The molecular formula is C29H18ClFN2O4S2. The van der Waals surface area contributed by atoms with Crippen molar-refractivity contribution < 1.29 is 22.7 Å². The first-order valence-corrected chi connectivity index (χ1v) is 14.6. The van der Waals surface area contributed by atoms with Crippen molar-refractivity contribution >= 4 is 49.8 Å². The lowest BCUT2D eigenvalue weighted by Crippen LogP contribution is -2.14. The molecule has 6 rings (SSSR count). The van der Waals surface area contributed by atoms with Crippen molar-refractivity contribution in [2.45, 2.75) is 17.2 Å². The number of nitrogens with zero attached hydrogens (tertiary/aromatic N) is 2. The van der Waals surface area contributed by atoms with Crippen LogP contribution in [-0.2, 0) is 14.8 Å². The van der Waals surface area contributed by atoms with Crippen LogP contribution in [0.15, 0.2) is 83.1 Å². The molecule has 3 aromatic carbocycles. The van der Waals surface area contributed by atoms with Gasteiger partial charge in [0, 0.05) is 27.1 Å². The maximum atomic E-state index is 14.7. The number of aliphatic carboxylic acids is 1. The summed E-state index contributed by atoms with van der Waals surface area (Å²) in [5.41, 5.74) is 2.66. The average Bonchev–Trinajstić information content (AvgIpc) is 3.48. The minimum atomic E-state index is -4.24. The standard InChI is InChI=1S/C29H18ClFN2O4S2/c30-18-4-7-20(8-5-18)39(36,37)33-25-9-6-19(31)13-24(25)27(21-10-11-38-26(21)15-32)28(33)17-3-1-2-16(12-17)22-14-23(22)29(34)35/h1-13,22-23H,14H2,(H,34,35). The van der Waals surface area contributed by atoms with Gasteiger partial charge in [0.05, 0.1) is 22.0 Å². The number of hydrogen-bond acceptors (Lipinski definition) is 5. The van der Waals surface area contributed by atoms with E-state index in [9.17, 15) is 28.0 Å². The third-order valence-corrected chi connectivity index (χ3v) is 9.77. The summed E-state index contributed by atoms with van der Waals surface area (Å²) in [5, 5.41) is 21.7. The monoisotopic (exact) mass is 576 g/mol. The van der Waals surface area contributed by atoms with Gasteiger partial charge in [0.2, 0.25) is 0 Å². The zero-order chi connectivity index (χ0) is 27.5. The fourth-order valence-corrected chi connectivity index (χ4v) is 7.44. The molecule has 1 saturated carbocycles. The van der Waals surface area contributed by atoms with Crippen LogP contribution in [0.4, 0.5) is 4.39 Å². The first kappa shape index (κ1) is 25.3. The van der Waals surface area contributed by atoms with Crippen LogP contribution >= 0.6 is 22.9 Å². The van der Waals surface area contributed by atoms with Gasteiger partial charge in [-0.25, -0.2) is 16.8 Å². The number of benzene rings is 3. The molecule has 2 aromatic heterocycles. The number of nitriles is 1. The molecule has 0 aliphatic heterocycles. The fraction of sp³-hybridized carbons (Fsp3) is 0.103. The predicted octanol–water partition coefficient (Wildman–Crippen LogP) is 7.13. The van der Waals surface area contributed by atoms with Gasteiger partial charge in [-0.3, -0.25) is 4.79 Å². The lowest BCUT2D eigenvalue weighted by molar-refractivity contribution is -0.138. The smallest absolute Gasteiger partial charge is 0.307 e. The van der Waals surface area contributed by atoms with E-state index in [0.717, 1.165) is 5.56 Å². The van der Waals surface area contributed by atoms with Gasteiger partial charge in [0.1, 0.15) is 16.8 Å². The van der Waals surface area contributed by atoms with E-state index in [1.54, 1.807) is 29.6 Å². The van der Waals surface area contributed by atoms with Crippen LogP contribution < -0.4 is 0 Å². The third kappa shape index (κ3) is 4.21. The average molecular weight is 577 g/mol. The number of rotatable bonds is 6. The van der Waals surface area contributed by atoms with Gasteiger partial charge in [-0.1, -0.05) is 29.8 Å². The molecule has 0 bridgehead atoms. The molecule has 5 aromatic rings. The van der Waals surface area contributed by atoms with Crippen molar-refractivity contribution in [3.8, 4) is 28.5 Å². The van der Waals surface area contributed by atoms with Crippen LogP contribution in [0.5, 0.6) is 0 Å². The van der Waals surface area contributed by atoms with E-state index in [1.165, 1.54) is 57.8 Å². The Morgan fingerprint density at radius 3 is 2.56 bits per heavy atom. The second kappa shape index (κ2) is 9.35. The van der Waals surface area contributed by atoms with E-state index < -0.39 is 27.7 Å². The molecule has 39 heavy (non-hydrogen) atoms. The van der Waals surface area contributed by atoms with Gasteiger partial charge in [-0.2, -0.15) is 5.26 Å². The van der Waals surface area contributed by atoms with E-state index in [-0.39, 0.29) is 22.0 Å². The van der Waals surface area contributed by atoms with Gasteiger partial charge in [-0.15, -0.1) is 11.3 Å². The van der Waals surface area contributed by atoms with Crippen molar-refractivity contribution in [3.63, 3.8) is 0 Å². The second-order valence-electron chi connectivity index (χ2n) is 9.30. The third-order valence-electron chi connectivity index (χ3n) is 6.97. The molecule has 0 radical (unpaired) electrons. The number of thiophene rings is 1. The van der Waals surface area contributed by atoms with Crippen LogP contribution in [0, 0.1) is 23.1 Å². The van der Waals surface area contributed by atoms with E-state index in [0.29, 0.717) is 38.4 Å². The number of carboxylic acid groups (broad SMARTS) is 1. The van der Waals surface area contributed by atoms with Gasteiger partial charge in [0.15, 0.2) is 0 Å². The largest absolute Gasteiger partial charge is 0.481 e. The molecule has 2 atom stereocenters. The maximum absolute atomic E-state index is 14.7. The predicted molar refractivity (Wildman–Crippen MR) is 148 cm³/mol. The normalized spacial score (nSPS) is 16.7. The zero-order valence-electron chi connectivity index (χ0n) is 20.0. The van der Waals surface area contributed by atoms with Crippen molar-refractivity contribution in [3.05, 3.63) is 99.5 Å². The molecule has 6 nitrogen and oxygen atoms in total. The molecule has 0 amide bonds. The molecule has 10 heteroatoms. The highest BCUT2D eigenvalue weighted by atomic mass is 35.5. The van der Waals surface area contributed by atoms with E-state index >= 15 is 0 Å². The first-order chi connectivity index (χ1) is 18.7. The van der Waals surface area contributed by atoms with Crippen LogP contribution in [-0.4, -0.2) is 23.5 Å².